The van der Waals surface area contributed by atoms with Crippen LogP contribution in [0.2, 0.25) is 0 Å². The van der Waals surface area contributed by atoms with Crippen LogP contribution < -0.4 is 5.32 Å². The fourth-order valence-corrected chi connectivity index (χ4v) is 4.15. The van der Waals surface area contributed by atoms with E-state index >= 15 is 0 Å². The van der Waals surface area contributed by atoms with Crippen LogP contribution in [-0.2, 0) is 19.4 Å². The third-order valence-electron chi connectivity index (χ3n) is 4.31. The minimum atomic E-state index is 0.580. The van der Waals surface area contributed by atoms with E-state index in [0.29, 0.717) is 5.92 Å². The summed E-state index contributed by atoms with van der Waals surface area (Å²) in [5, 5.41) is 15.3. The van der Waals surface area contributed by atoms with Crippen molar-refractivity contribution < 1.29 is 0 Å². The van der Waals surface area contributed by atoms with Gasteiger partial charge in [-0.05, 0) is 43.4 Å². The van der Waals surface area contributed by atoms with E-state index in [9.17, 15) is 0 Å². The lowest BCUT2D eigenvalue weighted by atomic mass is 10.2. The van der Waals surface area contributed by atoms with Crippen LogP contribution >= 0.6 is 23.1 Å². The lowest BCUT2D eigenvalue weighted by Gasteiger charge is -2.21. The van der Waals surface area contributed by atoms with Crippen molar-refractivity contribution in [2.24, 2.45) is 10.9 Å². The lowest BCUT2D eigenvalue weighted by Crippen LogP contribution is -2.40. The Hall–Kier alpha value is -1.54. The predicted molar refractivity (Wildman–Crippen MR) is 122 cm³/mol. The average molecular weight is 423 g/mol. The molecular weight excluding hydrogens is 388 g/mol. The number of guanidine groups is 1. The summed E-state index contributed by atoms with van der Waals surface area (Å²) in [5.74, 6) is 2.63. The van der Waals surface area contributed by atoms with Gasteiger partial charge in [0.05, 0.1) is 0 Å². The Balaban J connectivity index is 1.88. The summed E-state index contributed by atoms with van der Waals surface area (Å²) < 4.78 is 2.26. The van der Waals surface area contributed by atoms with Gasteiger partial charge in [0.2, 0.25) is 0 Å². The number of likely N-dealkylation sites (N-methyl/N-ethyl adjacent to an activating group) is 1. The fourth-order valence-electron chi connectivity index (χ4n) is 2.93. The van der Waals surface area contributed by atoms with Gasteiger partial charge in [0.1, 0.15) is 5.82 Å². The van der Waals surface area contributed by atoms with Gasteiger partial charge in [-0.2, -0.15) is 0 Å². The van der Waals surface area contributed by atoms with Gasteiger partial charge in [0.15, 0.2) is 11.1 Å². The minimum absolute atomic E-state index is 0.580. The maximum absolute atomic E-state index is 4.82. The third kappa shape index (κ3) is 7.13. The Morgan fingerprint density at radius 1 is 1.36 bits per heavy atom. The number of aryl methyl sites for hydroxylation is 1. The third-order valence-corrected chi connectivity index (χ3v) is 5.92. The second-order valence-electron chi connectivity index (χ2n) is 7.20. The maximum Gasteiger partial charge on any atom is 0.193 e. The van der Waals surface area contributed by atoms with Crippen molar-refractivity contribution in [3.05, 3.63) is 28.2 Å². The van der Waals surface area contributed by atoms with Crippen LogP contribution in [0.25, 0.3) is 0 Å². The molecule has 0 atom stereocenters. The van der Waals surface area contributed by atoms with Crippen LogP contribution in [-0.4, -0.2) is 58.6 Å². The molecule has 2 heterocycles. The lowest BCUT2D eigenvalue weighted by molar-refractivity contribution is 0.476. The standard InChI is InChI=1S/C20H34N6S2/c1-6-21-19(25(4)13-11-17-9-8-14-28-17)22-12-7-10-18-23-24-20(27-5)26(18)15-16(2)3/h8-9,14,16H,6-7,10-13,15H2,1-5H3,(H,21,22). The van der Waals surface area contributed by atoms with E-state index in [4.69, 9.17) is 4.99 Å². The van der Waals surface area contributed by atoms with Gasteiger partial charge in [-0.25, -0.2) is 0 Å². The Morgan fingerprint density at radius 2 is 2.18 bits per heavy atom. The van der Waals surface area contributed by atoms with Crippen LogP contribution in [0.1, 0.15) is 37.9 Å². The van der Waals surface area contributed by atoms with Crippen molar-refractivity contribution in [2.75, 3.05) is 32.9 Å². The highest BCUT2D eigenvalue weighted by Crippen LogP contribution is 2.16. The molecule has 2 aromatic rings. The van der Waals surface area contributed by atoms with Crippen LogP contribution in [0.5, 0.6) is 0 Å². The van der Waals surface area contributed by atoms with E-state index in [2.05, 4.69) is 76.6 Å². The Labute approximate surface area is 177 Å². The largest absolute Gasteiger partial charge is 0.357 e. The Bertz CT molecular complexity index is 708. The van der Waals surface area contributed by atoms with Gasteiger partial charge >= 0.3 is 0 Å². The van der Waals surface area contributed by atoms with Gasteiger partial charge in [-0.15, -0.1) is 21.5 Å². The van der Waals surface area contributed by atoms with E-state index in [1.807, 2.05) is 11.3 Å². The van der Waals surface area contributed by atoms with Crippen LogP contribution in [0, 0.1) is 5.92 Å². The van der Waals surface area contributed by atoms with Gasteiger partial charge in [0.25, 0.3) is 0 Å². The molecule has 0 fully saturated rings. The molecule has 28 heavy (non-hydrogen) atoms. The highest BCUT2D eigenvalue weighted by molar-refractivity contribution is 7.98. The van der Waals surface area contributed by atoms with Gasteiger partial charge in [0, 0.05) is 44.5 Å². The van der Waals surface area contributed by atoms with Gasteiger partial charge in [-0.3, -0.25) is 4.99 Å². The number of nitrogens with one attached hydrogen (secondary N) is 1. The average Bonchev–Trinajstić information content (AvgIpc) is 3.32. The maximum atomic E-state index is 4.82. The number of nitrogens with zero attached hydrogens (tertiary/aromatic N) is 5. The smallest absolute Gasteiger partial charge is 0.193 e. The Kier molecular flexibility index (Phi) is 9.84. The minimum Gasteiger partial charge on any atom is -0.357 e. The summed E-state index contributed by atoms with van der Waals surface area (Å²) in [6, 6.07) is 4.30. The molecule has 0 saturated heterocycles. The van der Waals surface area contributed by atoms with Crippen molar-refractivity contribution in [3.8, 4) is 0 Å². The monoisotopic (exact) mass is 422 g/mol. The first kappa shape index (κ1) is 22.7. The first-order valence-electron chi connectivity index (χ1n) is 10.0. The van der Waals surface area contributed by atoms with E-state index in [0.717, 1.165) is 62.4 Å². The number of hydrogen-bond donors (Lipinski definition) is 1. The first-order chi connectivity index (χ1) is 13.5. The molecule has 2 aromatic heterocycles. The van der Waals surface area contributed by atoms with E-state index in [-0.39, 0.29) is 0 Å². The molecule has 1 N–H and O–H groups in total. The second kappa shape index (κ2) is 12.1. The van der Waals surface area contributed by atoms with E-state index in [1.165, 1.54) is 4.88 Å². The van der Waals surface area contributed by atoms with Crippen LogP contribution in [0.4, 0.5) is 0 Å². The normalized spacial score (nSPS) is 12.0. The number of rotatable bonds is 11. The summed E-state index contributed by atoms with van der Waals surface area (Å²) in [4.78, 5) is 8.45. The highest BCUT2D eigenvalue weighted by atomic mass is 32.2. The zero-order valence-corrected chi connectivity index (χ0v) is 19.4. The zero-order valence-electron chi connectivity index (χ0n) is 17.8. The highest BCUT2D eigenvalue weighted by Gasteiger charge is 2.12. The van der Waals surface area contributed by atoms with Crippen molar-refractivity contribution >= 4 is 29.1 Å². The number of thioether (sulfide) groups is 1. The summed E-state index contributed by atoms with van der Waals surface area (Å²) in [7, 11) is 2.11. The summed E-state index contributed by atoms with van der Waals surface area (Å²) in [6.45, 7) is 10.2. The molecule has 0 aromatic carbocycles. The molecule has 156 valence electrons. The quantitative estimate of drug-likeness (QED) is 0.258. The SMILES string of the molecule is CCNC(=NCCCc1nnc(SC)n1CC(C)C)N(C)CCc1cccs1. The molecule has 0 bridgehead atoms. The summed E-state index contributed by atoms with van der Waals surface area (Å²) >= 11 is 3.48. The zero-order chi connectivity index (χ0) is 20.4. The number of hydrogen-bond acceptors (Lipinski definition) is 5. The molecule has 2 rings (SSSR count). The molecule has 8 heteroatoms. The van der Waals surface area contributed by atoms with E-state index in [1.54, 1.807) is 11.8 Å². The first-order valence-corrected chi connectivity index (χ1v) is 12.1. The molecule has 0 aliphatic rings. The van der Waals surface area contributed by atoms with Crippen molar-refractivity contribution in [3.63, 3.8) is 0 Å². The molecule has 0 aliphatic carbocycles. The Morgan fingerprint density at radius 3 is 2.82 bits per heavy atom. The summed E-state index contributed by atoms with van der Waals surface area (Å²) in [5.41, 5.74) is 0. The number of thiophene rings is 1. The summed E-state index contributed by atoms with van der Waals surface area (Å²) in [6.07, 6.45) is 4.98. The van der Waals surface area contributed by atoms with Crippen molar-refractivity contribution in [2.45, 2.75) is 51.7 Å². The fraction of sp³-hybridized carbons (Fsp3) is 0.650. The molecule has 0 radical (unpaired) electrons. The molecule has 0 unspecified atom stereocenters. The molecule has 6 nitrogen and oxygen atoms in total. The number of aliphatic imine (C=N–C) groups is 1. The van der Waals surface area contributed by atoms with Crippen molar-refractivity contribution in [1.29, 1.82) is 0 Å². The topological polar surface area (TPSA) is 58.3 Å². The molecule has 0 saturated carbocycles. The van der Waals surface area contributed by atoms with Crippen LogP contribution in [0.15, 0.2) is 27.7 Å². The van der Waals surface area contributed by atoms with Gasteiger partial charge in [-0.1, -0.05) is 31.7 Å². The van der Waals surface area contributed by atoms with E-state index < -0.39 is 0 Å². The van der Waals surface area contributed by atoms with Gasteiger partial charge < -0.3 is 14.8 Å². The van der Waals surface area contributed by atoms with Crippen LogP contribution in [0.3, 0.4) is 0 Å². The number of aromatic nitrogens is 3. The van der Waals surface area contributed by atoms with Crippen molar-refractivity contribution in [1.82, 2.24) is 25.0 Å². The molecule has 0 amide bonds. The molecule has 0 aliphatic heterocycles. The molecule has 0 spiro atoms. The molecular formula is C20H34N6S2. The second-order valence-corrected chi connectivity index (χ2v) is 9.00. The predicted octanol–water partition coefficient (Wildman–Crippen LogP) is 3.79.